The zero-order chi connectivity index (χ0) is 13.0. The van der Waals surface area contributed by atoms with E-state index in [9.17, 15) is 0 Å². The molecule has 0 aliphatic carbocycles. The summed E-state index contributed by atoms with van der Waals surface area (Å²) >= 11 is 0. The second-order valence-electron chi connectivity index (χ2n) is 4.12. The Kier molecular flexibility index (Phi) is 3.99. The molecule has 96 valence electrons. The Morgan fingerprint density at radius 3 is 2.61 bits per heavy atom. The van der Waals surface area contributed by atoms with Gasteiger partial charge in [0.1, 0.15) is 11.6 Å². The molecule has 2 aromatic rings. The Hall–Kier alpha value is -1.81. The number of nitrogens with two attached hydrogens (primary N) is 1. The van der Waals surface area contributed by atoms with E-state index in [2.05, 4.69) is 9.55 Å². The van der Waals surface area contributed by atoms with Crippen LogP contribution in [0.25, 0.3) is 5.69 Å². The van der Waals surface area contributed by atoms with Crippen molar-refractivity contribution in [3.05, 3.63) is 42.0 Å². The number of hydrogen-bond donors (Lipinski definition) is 1. The number of imidazole rings is 1. The normalized spacial score (nSPS) is 10.6. The van der Waals surface area contributed by atoms with Crippen LogP contribution in [0.1, 0.15) is 18.4 Å². The van der Waals surface area contributed by atoms with Crippen molar-refractivity contribution in [2.45, 2.75) is 20.3 Å². The monoisotopic (exact) mass is 245 g/mol. The Morgan fingerprint density at radius 1 is 1.28 bits per heavy atom. The van der Waals surface area contributed by atoms with E-state index in [0.717, 1.165) is 29.4 Å². The molecule has 0 saturated carbocycles. The lowest BCUT2D eigenvalue weighted by atomic mass is 10.3. The summed E-state index contributed by atoms with van der Waals surface area (Å²) in [5.41, 5.74) is 7.67. The van der Waals surface area contributed by atoms with Crippen molar-refractivity contribution in [3.8, 4) is 11.4 Å². The molecular weight excluding hydrogens is 226 g/mol. The van der Waals surface area contributed by atoms with Crippen LogP contribution in [0.3, 0.4) is 0 Å². The van der Waals surface area contributed by atoms with E-state index in [4.69, 9.17) is 10.5 Å². The van der Waals surface area contributed by atoms with Crippen molar-refractivity contribution in [1.82, 2.24) is 9.55 Å². The topological polar surface area (TPSA) is 53.1 Å². The van der Waals surface area contributed by atoms with Crippen molar-refractivity contribution >= 4 is 0 Å². The molecule has 0 aliphatic rings. The van der Waals surface area contributed by atoms with Crippen LogP contribution in [0.15, 0.2) is 30.5 Å². The second kappa shape index (κ2) is 5.69. The van der Waals surface area contributed by atoms with E-state index in [1.807, 2.05) is 44.3 Å². The van der Waals surface area contributed by atoms with Crippen LogP contribution in [0.5, 0.6) is 5.75 Å². The predicted octanol–water partition coefficient (Wildman–Crippen LogP) is 2.08. The van der Waals surface area contributed by atoms with Gasteiger partial charge in [0.15, 0.2) is 0 Å². The molecule has 4 heteroatoms. The number of benzene rings is 1. The minimum atomic E-state index is 0.625. The Bertz CT molecular complexity index is 502. The first kappa shape index (κ1) is 12.6. The van der Waals surface area contributed by atoms with Crippen LogP contribution in [0, 0.1) is 6.92 Å². The van der Waals surface area contributed by atoms with Crippen molar-refractivity contribution in [3.63, 3.8) is 0 Å². The van der Waals surface area contributed by atoms with Gasteiger partial charge in [-0.3, -0.25) is 0 Å². The van der Waals surface area contributed by atoms with E-state index in [1.54, 1.807) is 0 Å². The number of aromatic nitrogens is 2. The lowest BCUT2D eigenvalue weighted by Gasteiger charge is -2.07. The van der Waals surface area contributed by atoms with Crippen molar-refractivity contribution in [2.75, 3.05) is 13.2 Å². The van der Waals surface area contributed by atoms with Gasteiger partial charge in [-0.05, 0) is 44.7 Å². The molecule has 0 saturated heterocycles. The van der Waals surface area contributed by atoms with E-state index in [0.29, 0.717) is 13.2 Å². The van der Waals surface area contributed by atoms with Gasteiger partial charge in [-0.1, -0.05) is 0 Å². The van der Waals surface area contributed by atoms with Crippen molar-refractivity contribution < 1.29 is 4.74 Å². The van der Waals surface area contributed by atoms with E-state index < -0.39 is 0 Å². The molecule has 4 nitrogen and oxygen atoms in total. The van der Waals surface area contributed by atoms with E-state index >= 15 is 0 Å². The molecule has 0 unspecified atom stereocenters. The van der Waals surface area contributed by atoms with Crippen molar-refractivity contribution in [1.29, 1.82) is 0 Å². The highest BCUT2D eigenvalue weighted by atomic mass is 16.5. The number of nitrogens with zero attached hydrogens (tertiary/aromatic N) is 2. The highest BCUT2D eigenvalue weighted by molar-refractivity contribution is 5.38. The highest BCUT2D eigenvalue weighted by Crippen LogP contribution is 2.17. The summed E-state index contributed by atoms with van der Waals surface area (Å²) in [6, 6.07) is 8.01. The standard InChI is InChI=1S/C14H19N3O/c1-3-18-14-6-4-13(5-7-14)17-10-12(8-9-15)16-11(17)2/h4-7,10H,3,8-9,15H2,1-2H3. The molecular formula is C14H19N3O. The van der Waals surface area contributed by atoms with Gasteiger partial charge in [0, 0.05) is 18.3 Å². The summed E-state index contributed by atoms with van der Waals surface area (Å²) in [4.78, 5) is 4.49. The second-order valence-corrected chi connectivity index (χ2v) is 4.12. The third-order valence-corrected chi connectivity index (χ3v) is 2.76. The fourth-order valence-electron chi connectivity index (χ4n) is 1.93. The van der Waals surface area contributed by atoms with Gasteiger partial charge in [-0.25, -0.2) is 4.98 Å². The lowest BCUT2D eigenvalue weighted by molar-refractivity contribution is 0.340. The minimum absolute atomic E-state index is 0.625. The Labute approximate surface area is 107 Å². The summed E-state index contributed by atoms with van der Waals surface area (Å²) in [5, 5.41) is 0. The summed E-state index contributed by atoms with van der Waals surface area (Å²) in [6.07, 6.45) is 2.85. The quantitative estimate of drug-likeness (QED) is 0.877. The van der Waals surface area contributed by atoms with Crippen LogP contribution in [-0.2, 0) is 6.42 Å². The minimum Gasteiger partial charge on any atom is -0.494 e. The number of rotatable bonds is 5. The molecule has 1 aromatic carbocycles. The zero-order valence-electron chi connectivity index (χ0n) is 10.9. The fourth-order valence-corrected chi connectivity index (χ4v) is 1.93. The van der Waals surface area contributed by atoms with Gasteiger partial charge in [0.2, 0.25) is 0 Å². The third-order valence-electron chi connectivity index (χ3n) is 2.76. The van der Waals surface area contributed by atoms with E-state index in [1.165, 1.54) is 0 Å². The molecule has 1 aromatic heterocycles. The van der Waals surface area contributed by atoms with Gasteiger partial charge >= 0.3 is 0 Å². The zero-order valence-corrected chi connectivity index (χ0v) is 10.9. The molecule has 0 amide bonds. The molecule has 1 heterocycles. The molecule has 0 atom stereocenters. The van der Waals surface area contributed by atoms with Crippen LogP contribution in [-0.4, -0.2) is 22.7 Å². The maximum atomic E-state index is 5.55. The number of ether oxygens (including phenoxy) is 1. The van der Waals surface area contributed by atoms with Gasteiger partial charge in [-0.2, -0.15) is 0 Å². The molecule has 0 spiro atoms. The average Bonchev–Trinajstić information content (AvgIpc) is 2.72. The summed E-state index contributed by atoms with van der Waals surface area (Å²) in [7, 11) is 0. The summed E-state index contributed by atoms with van der Waals surface area (Å²) in [6.45, 7) is 5.29. The molecule has 0 fully saturated rings. The molecule has 2 rings (SSSR count). The maximum Gasteiger partial charge on any atom is 0.119 e. The maximum absolute atomic E-state index is 5.55. The van der Waals surface area contributed by atoms with Crippen molar-refractivity contribution in [2.24, 2.45) is 5.73 Å². The summed E-state index contributed by atoms with van der Waals surface area (Å²) < 4.78 is 7.50. The SMILES string of the molecule is CCOc1ccc(-n2cc(CCN)nc2C)cc1. The number of aryl methyl sites for hydroxylation is 1. The first-order valence-corrected chi connectivity index (χ1v) is 6.22. The van der Waals surface area contributed by atoms with Gasteiger partial charge in [0.25, 0.3) is 0 Å². The lowest BCUT2D eigenvalue weighted by Crippen LogP contribution is -2.02. The smallest absolute Gasteiger partial charge is 0.119 e. The van der Waals surface area contributed by atoms with E-state index in [-0.39, 0.29) is 0 Å². The van der Waals surface area contributed by atoms with Gasteiger partial charge < -0.3 is 15.0 Å². The molecule has 0 radical (unpaired) electrons. The number of hydrogen-bond acceptors (Lipinski definition) is 3. The van der Waals surface area contributed by atoms with Crippen LogP contribution in [0.4, 0.5) is 0 Å². The van der Waals surface area contributed by atoms with Crippen LogP contribution >= 0.6 is 0 Å². The average molecular weight is 245 g/mol. The first-order valence-electron chi connectivity index (χ1n) is 6.22. The third kappa shape index (κ3) is 2.71. The molecule has 0 bridgehead atoms. The van der Waals surface area contributed by atoms with Gasteiger partial charge in [-0.15, -0.1) is 0 Å². The van der Waals surface area contributed by atoms with Gasteiger partial charge in [0.05, 0.1) is 12.3 Å². The first-order chi connectivity index (χ1) is 8.74. The largest absolute Gasteiger partial charge is 0.494 e. The molecule has 0 aliphatic heterocycles. The Morgan fingerprint density at radius 2 is 2.00 bits per heavy atom. The predicted molar refractivity (Wildman–Crippen MR) is 72.2 cm³/mol. The summed E-state index contributed by atoms with van der Waals surface area (Å²) in [5.74, 6) is 1.86. The van der Waals surface area contributed by atoms with Crippen LogP contribution < -0.4 is 10.5 Å². The molecule has 2 N–H and O–H groups in total. The molecule has 18 heavy (non-hydrogen) atoms. The highest BCUT2D eigenvalue weighted by Gasteiger charge is 2.05. The Balaban J connectivity index is 2.24. The fraction of sp³-hybridized carbons (Fsp3) is 0.357. The van der Waals surface area contributed by atoms with Crippen LogP contribution in [0.2, 0.25) is 0 Å².